The molecule has 0 amide bonds. The van der Waals surface area contributed by atoms with Gasteiger partial charge in [-0.15, -0.1) is 11.8 Å². The van der Waals surface area contributed by atoms with Gasteiger partial charge in [0.1, 0.15) is 12.9 Å². The van der Waals surface area contributed by atoms with Crippen molar-refractivity contribution in [2.75, 3.05) is 20.8 Å². The summed E-state index contributed by atoms with van der Waals surface area (Å²) in [7, 11) is 2.74. The Bertz CT molecular complexity index is 921. The number of carbonyl (C=O) groups excluding carboxylic acids is 1. The lowest BCUT2D eigenvalue weighted by atomic mass is 10.0. The van der Waals surface area contributed by atoms with Gasteiger partial charge in [0.25, 0.3) is 0 Å². The van der Waals surface area contributed by atoms with Crippen molar-refractivity contribution in [3.8, 4) is 5.75 Å². The van der Waals surface area contributed by atoms with Crippen LogP contribution in [0.25, 0.3) is 0 Å². The fraction of sp³-hybridized carbons (Fsp3) is 0.348. The maximum absolute atomic E-state index is 12.2. The molecule has 1 aliphatic rings. The lowest BCUT2D eigenvalue weighted by Gasteiger charge is -2.11. The number of ether oxygens (including phenoxy) is 2. The Morgan fingerprint density at radius 1 is 1.10 bits per heavy atom. The van der Waals surface area contributed by atoms with Crippen LogP contribution in [0.5, 0.6) is 5.75 Å². The maximum Gasteiger partial charge on any atom is 0.360 e. The highest BCUT2D eigenvalue weighted by molar-refractivity contribution is 8.13. The fourth-order valence-electron chi connectivity index (χ4n) is 2.90. The molecule has 0 bridgehead atoms. The molecule has 1 fully saturated rings. The Balaban J connectivity index is 1.79. The van der Waals surface area contributed by atoms with Crippen LogP contribution in [0.1, 0.15) is 30.9 Å². The monoisotopic (exact) mass is 426 g/mol. The van der Waals surface area contributed by atoms with Crippen molar-refractivity contribution < 1.29 is 19.1 Å². The number of esters is 1. The van der Waals surface area contributed by atoms with Gasteiger partial charge in [0.2, 0.25) is 0 Å². The van der Waals surface area contributed by atoms with Gasteiger partial charge >= 0.3 is 5.97 Å². The first-order valence-corrected chi connectivity index (χ1v) is 10.9. The van der Waals surface area contributed by atoms with E-state index in [-0.39, 0.29) is 5.71 Å². The average molecular weight is 427 g/mol. The number of methoxy groups -OCH3 is 1. The molecule has 30 heavy (non-hydrogen) atoms. The van der Waals surface area contributed by atoms with Crippen molar-refractivity contribution >= 4 is 34.2 Å². The molecule has 0 N–H and O–H groups in total. The van der Waals surface area contributed by atoms with Gasteiger partial charge in [-0.1, -0.05) is 29.4 Å². The molecule has 0 aliphatic heterocycles. The van der Waals surface area contributed by atoms with Gasteiger partial charge in [0, 0.05) is 17.2 Å². The highest BCUT2D eigenvalue weighted by Gasteiger charge is 2.28. The molecule has 2 aromatic rings. The van der Waals surface area contributed by atoms with E-state index < -0.39 is 5.97 Å². The highest BCUT2D eigenvalue weighted by Crippen LogP contribution is 2.38. The van der Waals surface area contributed by atoms with Crippen LogP contribution >= 0.6 is 11.8 Å². The zero-order valence-corrected chi connectivity index (χ0v) is 18.3. The van der Waals surface area contributed by atoms with Gasteiger partial charge < -0.3 is 14.3 Å². The Hall–Kier alpha value is -2.80. The SMILES string of the molecule is CCOc1ccc(/N=C(/SCc2ccccc2/C(=N/OC)C(=O)OC)C2CC2)cc1. The Morgan fingerprint density at radius 2 is 1.83 bits per heavy atom. The third-order valence-electron chi connectivity index (χ3n) is 4.52. The summed E-state index contributed by atoms with van der Waals surface area (Å²) >= 11 is 1.69. The van der Waals surface area contributed by atoms with Crippen LogP contribution in [-0.2, 0) is 20.1 Å². The van der Waals surface area contributed by atoms with Crippen molar-refractivity contribution in [3.63, 3.8) is 0 Å². The van der Waals surface area contributed by atoms with Gasteiger partial charge in [0.05, 0.1) is 24.4 Å². The molecule has 0 saturated heterocycles. The quantitative estimate of drug-likeness (QED) is 0.245. The molecule has 0 atom stereocenters. The molecule has 0 aromatic heterocycles. The minimum Gasteiger partial charge on any atom is -0.494 e. The van der Waals surface area contributed by atoms with Crippen molar-refractivity contribution in [3.05, 3.63) is 59.7 Å². The number of hydrogen-bond acceptors (Lipinski definition) is 7. The van der Waals surface area contributed by atoms with E-state index in [9.17, 15) is 4.79 Å². The molecular formula is C23H26N2O4S. The maximum atomic E-state index is 12.2. The van der Waals surface area contributed by atoms with E-state index >= 15 is 0 Å². The molecule has 0 heterocycles. The first kappa shape index (κ1) is 21.9. The van der Waals surface area contributed by atoms with Crippen molar-refractivity contribution in [1.82, 2.24) is 0 Å². The fourth-order valence-corrected chi connectivity index (χ4v) is 4.09. The van der Waals surface area contributed by atoms with E-state index in [4.69, 9.17) is 19.3 Å². The third kappa shape index (κ3) is 5.86. The number of thioether (sulfide) groups is 1. The van der Waals surface area contributed by atoms with Crippen LogP contribution in [0, 0.1) is 5.92 Å². The number of oxime groups is 1. The van der Waals surface area contributed by atoms with Gasteiger partial charge in [-0.3, -0.25) is 0 Å². The molecule has 0 spiro atoms. The van der Waals surface area contributed by atoms with Crippen LogP contribution in [0.3, 0.4) is 0 Å². The summed E-state index contributed by atoms with van der Waals surface area (Å²) in [4.78, 5) is 21.9. The summed E-state index contributed by atoms with van der Waals surface area (Å²) in [6, 6.07) is 15.5. The number of rotatable bonds is 9. The van der Waals surface area contributed by atoms with E-state index in [0.717, 1.165) is 34.9 Å². The second-order valence-electron chi connectivity index (χ2n) is 6.71. The van der Waals surface area contributed by atoms with E-state index in [1.165, 1.54) is 14.2 Å². The summed E-state index contributed by atoms with van der Waals surface area (Å²) in [5.41, 5.74) is 2.75. The van der Waals surface area contributed by atoms with Crippen molar-refractivity contribution in [2.45, 2.75) is 25.5 Å². The molecule has 6 nitrogen and oxygen atoms in total. The van der Waals surface area contributed by atoms with E-state index in [2.05, 4.69) is 5.16 Å². The number of carbonyl (C=O) groups is 1. The van der Waals surface area contributed by atoms with E-state index in [1.807, 2.05) is 55.5 Å². The first-order valence-electron chi connectivity index (χ1n) is 9.88. The summed E-state index contributed by atoms with van der Waals surface area (Å²) in [6.07, 6.45) is 2.31. The second-order valence-corrected chi connectivity index (χ2v) is 7.71. The van der Waals surface area contributed by atoms with Gasteiger partial charge in [-0.25, -0.2) is 9.79 Å². The first-order chi connectivity index (χ1) is 14.7. The van der Waals surface area contributed by atoms with Crippen LogP contribution in [-0.4, -0.2) is 37.6 Å². The predicted octanol–water partition coefficient (Wildman–Crippen LogP) is 4.98. The Labute approximate surface area is 181 Å². The molecular weight excluding hydrogens is 400 g/mol. The van der Waals surface area contributed by atoms with Crippen molar-refractivity contribution in [1.29, 1.82) is 0 Å². The zero-order chi connectivity index (χ0) is 21.3. The number of aliphatic imine (C=N–C) groups is 1. The van der Waals surface area contributed by atoms with Gasteiger partial charge in [-0.2, -0.15) is 0 Å². The lowest BCUT2D eigenvalue weighted by molar-refractivity contribution is -0.132. The second kappa shape index (κ2) is 10.8. The third-order valence-corrected chi connectivity index (χ3v) is 5.70. The van der Waals surface area contributed by atoms with Crippen LogP contribution in [0.15, 0.2) is 58.7 Å². The van der Waals surface area contributed by atoms with Crippen LogP contribution < -0.4 is 4.74 Å². The molecule has 3 rings (SSSR count). The predicted molar refractivity (Wildman–Crippen MR) is 121 cm³/mol. The minimum atomic E-state index is -0.528. The molecule has 0 unspecified atom stereocenters. The summed E-state index contributed by atoms with van der Waals surface area (Å²) in [6.45, 7) is 2.61. The Morgan fingerprint density at radius 3 is 2.47 bits per heavy atom. The summed E-state index contributed by atoms with van der Waals surface area (Å²) in [5.74, 6) is 1.49. The smallest absolute Gasteiger partial charge is 0.360 e. The molecule has 2 aromatic carbocycles. The number of benzene rings is 2. The largest absolute Gasteiger partial charge is 0.494 e. The average Bonchev–Trinajstić information content (AvgIpc) is 3.61. The van der Waals surface area contributed by atoms with Gasteiger partial charge in [-0.05, 0) is 49.6 Å². The van der Waals surface area contributed by atoms with E-state index in [1.54, 1.807) is 11.8 Å². The minimum absolute atomic E-state index is 0.160. The molecule has 0 radical (unpaired) electrons. The molecule has 7 heteroatoms. The highest BCUT2D eigenvalue weighted by atomic mass is 32.2. The summed E-state index contributed by atoms with van der Waals surface area (Å²) in [5, 5.41) is 4.99. The van der Waals surface area contributed by atoms with Crippen LogP contribution in [0.4, 0.5) is 5.69 Å². The molecule has 158 valence electrons. The summed E-state index contributed by atoms with van der Waals surface area (Å²) < 4.78 is 10.4. The molecule has 1 saturated carbocycles. The standard InChI is InChI=1S/C23H26N2O4S/c1-4-29-19-13-11-18(12-14-19)24-22(16-9-10-16)30-15-17-7-5-6-8-20(17)21(25-28-3)23(26)27-2/h5-8,11-14,16H,4,9-10,15H2,1-3H3/b24-22+,25-21-. The lowest BCUT2D eigenvalue weighted by Crippen LogP contribution is -2.19. The topological polar surface area (TPSA) is 69.5 Å². The molecule has 1 aliphatic carbocycles. The Kier molecular flexibility index (Phi) is 7.90. The number of nitrogens with zero attached hydrogens (tertiary/aromatic N) is 2. The zero-order valence-electron chi connectivity index (χ0n) is 17.5. The van der Waals surface area contributed by atoms with Gasteiger partial charge in [0.15, 0.2) is 5.71 Å². The normalized spacial score (nSPS) is 14.4. The van der Waals surface area contributed by atoms with Crippen molar-refractivity contribution in [2.24, 2.45) is 16.1 Å². The number of hydrogen-bond donors (Lipinski definition) is 0. The van der Waals surface area contributed by atoms with Crippen LogP contribution in [0.2, 0.25) is 0 Å². The van der Waals surface area contributed by atoms with E-state index in [0.29, 0.717) is 23.8 Å².